The average molecular weight is 221 g/mol. The van der Waals surface area contributed by atoms with Gasteiger partial charge in [0.15, 0.2) is 0 Å². The van der Waals surface area contributed by atoms with E-state index < -0.39 is 0 Å². The van der Waals surface area contributed by atoms with Gasteiger partial charge in [-0.05, 0) is 44.9 Å². The number of benzene rings is 1. The Labute approximate surface area is 99.0 Å². The van der Waals surface area contributed by atoms with Gasteiger partial charge in [-0.2, -0.15) is 0 Å². The van der Waals surface area contributed by atoms with Crippen molar-refractivity contribution in [2.24, 2.45) is 0 Å². The summed E-state index contributed by atoms with van der Waals surface area (Å²) in [4.78, 5) is 0. The Morgan fingerprint density at radius 1 is 1.12 bits per heavy atom. The van der Waals surface area contributed by atoms with Gasteiger partial charge in [-0.3, -0.25) is 0 Å². The molecule has 0 unspecified atom stereocenters. The standard InChI is InChI=1S/C14H23NO/c1-5-11(3)15-12(4)13-7-9-14(10-8-13)16-6-2/h7-12,15H,5-6H2,1-4H3/t11-,12+/m0/s1. The monoisotopic (exact) mass is 221 g/mol. The highest BCUT2D eigenvalue weighted by Gasteiger charge is 2.07. The van der Waals surface area contributed by atoms with E-state index in [0.717, 1.165) is 18.8 Å². The maximum absolute atomic E-state index is 5.42. The molecule has 0 fully saturated rings. The fourth-order valence-corrected chi connectivity index (χ4v) is 1.66. The molecule has 0 aromatic heterocycles. The molecule has 0 amide bonds. The van der Waals surface area contributed by atoms with Gasteiger partial charge in [-0.15, -0.1) is 0 Å². The van der Waals surface area contributed by atoms with Gasteiger partial charge >= 0.3 is 0 Å². The molecule has 0 bridgehead atoms. The lowest BCUT2D eigenvalue weighted by molar-refractivity contribution is 0.340. The molecule has 16 heavy (non-hydrogen) atoms. The van der Waals surface area contributed by atoms with Gasteiger partial charge in [0, 0.05) is 12.1 Å². The van der Waals surface area contributed by atoms with Crippen LogP contribution in [-0.4, -0.2) is 12.6 Å². The maximum Gasteiger partial charge on any atom is 0.119 e. The van der Waals surface area contributed by atoms with Crippen LogP contribution in [0.2, 0.25) is 0 Å². The molecule has 0 saturated heterocycles. The molecule has 1 aromatic carbocycles. The smallest absolute Gasteiger partial charge is 0.119 e. The molecule has 2 heteroatoms. The fourth-order valence-electron chi connectivity index (χ4n) is 1.66. The Hall–Kier alpha value is -1.02. The largest absolute Gasteiger partial charge is 0.494 e. The molecule has 0 aliphatic rings. The van der Waals surface area contributed by atoms with Crippen LogP contribution in [0.3, 0.4) is 0 Å². The number of ether oxygens (including phenoxy) is 1. The minimum Gasteiger partial charge on any atom is -0.494 e. The lowest BCUT2D eigenvalue weighted by Crippen LogP contribution is -2.28. The van der Waals surface area contributed by atoms with Crippen molar-refractivity contribution in [1.82, 2.24) is 5.32 Å². The van der Waals surface area contributed by atoms with Crippen LogP contribution < -0.4 is 10.1 Å². The van der Waals surface area contributed by atoms with E-state index in [1.54, 1.807) is 0 Å². The molecule has 0 spiro atoms. The minimum absolute atomic E-state index is 0.394. The summed E-state index contributed by atoms with van der Waals surface area (Å²) >= 11 is 0. The predicted molar refractivity (Wildman–Crippen MR) is 68.9 cm³/mol. The second-order valence-corrected chi connectivity index (χ2v) is 4.20. The highest BCUT2D eigenvalue weighted by atomic mass is 16.5. The zero-order valence-electron chi connectivity index (χ0n) is 10.8. The van der Waals surface area contributed by atoms with Gasteiger partial charge in [-0.25, -0.2) is 0 Å². The van der Waals surface area contributed by atoms with Crippen LogP contribution in [0.4, 0.5) is 0 Å². The number of hydrogen-bond donors (Lipinski definition) is 1. The SMILES string of the molecule is CCOc1ccc([C@@H](C)N[C@@H](C)CC)cc1. The van der Waals surface area contributed by atoms with Crippen molar-refractivity contribution in [3.05, 3.63) is 29.8 Å². The van der Waals surface area contributed by atoms with Crippen molar-refractivity contribution in [2.75, 3.05) is 6.61 Å². The first-order valence-electron chi connectivity index (χ1n) is 6.16. The Morgan fingerprint density at radius 2 is 1.75 bits per heavy atom. The quantitative estimate of drug-likeness (QED) is 0.793. The number of rotatable bonds is 6. The van der Waals surface area contributed by atoms with Gasteiger partial charge < -0.3 is 10.1 Å². The zero-order valence-corrected chi connectivity index (χ0v) is 10.8. The second kappa shape index (κ2) is 6.54. The first kappa shape index (κ1) is 13.0. The molecule has 0 aliphatic heterocycles. The van der Waals surface area contributed by atoms with E-state index in [0.29, 0.717) is 12.1 Å². The first-order chi connectivity index (χ1) is 7.67. The van der Waals surface area contributed by atoms with Gasteiger partial charge in [0.2, 0.25) is 0 Å². The Morgan fingerprint density at radius 3 is 2.25 bits per heavy atom. The van der Waals surface area contributed by atoms with Crippen molar-refractivity contribution in [2.45, 2.75) is 46.2 Å². The summed E-state index contributed by atoms with van der Waals surface area (Å²) in [6.45, 7) is 9.33. The van der Waals surface area contributed by atoms with Crippen molar-refractivity contribution < 1.29 is 4.74 Å². The maximum atomic E-state index is 5.42. The third-order valence-electron chi connectivity index (χ3n) is 2.84. The summed E-state index contributed by atoms with van der Waals surface area (Å²) in [6, 6.07) is 9.28. The number of hydrogen-bond acceptors (Lipinski definition) is 2. The van der Waals surface area contributed by atoms with E-state index in [9.17, 15) is 0 Å². The van der Waals surface area contributed by atoms with Crippen LogP contribution in [-0.2, 0) is 0 Å². The molecule has 2 atom stereocenters. The zero-order chi connectivity index (χ0) is 12.0. The molecule has 0 aliphatic carbocycles. The molecule has 1 N–H and O–H groups in total. The van der Waals surface area contributed by atoms with Crippen LogP contribution in [0.5, 0.6) is 5.75 Å². The van der Waals surface area contributed by atoms with Gasteiger partial charge in [-0.1, -0.05) is 19.1 Å². The molecule has 0 saturated carbocycles. The summed E-state index contributed by atoms with van der Waals surface area (Å²) in [6.07, 6.45) is 1.15. The van der Waals surface area contributed by atoms with E-state index in [2.05, 4.69) is 38.2 Å². The highest BCUT2D eigenvalue weighted by Crippen LogP contribution is 2.18. The van der Waals surface area contributed by atoms with Crippen LogP contribution in [0.15, 0.2) is 24.3 Å². The molecular weight excluding hydrogens is 198 g/mol. The van der Waals surface area contributed by atoms with Gasteiger partial charge in [0.1, 0.15) is 5.75 Å². The Bertz CT molecular complexity index is 294. The topological polar surface area (TPSA) is 21.3 Å². The Balaban J connectivity index is 2.59. The van der Waals surface area contributed by atoms with Crippen LogP contribution in [0, 0.1) is 0 Å². The fraction of sp³-hybridized carbons (Fsp3) is 0.571. The lowest BCUT2D eigenvalue weighted by Gasteiger charge is -2.19. The van der Waals surface area contributed by atoms with E-state index in [-0.39, 0.29) is 0 Å². The summed E-state index contributed by atoms with van der Waals surface area (Å²) in [7, 11) is 0. The van der Waals surface area contributed by atoms with E-state index >= 15 is 0 Å². The van der Waals surface area contributed by atoms with Crippen LogP contribution >= 0.6 is 0 Å². The summed E-state index contributed by atoms with van der Waals surface area (Å²) in [5, 5.41) is 3.56. The lowest BCUT2D eigenvalue weighted by atomic mass is 10.1. The van der Waals surface area contributed by atoms with Crippen molar-refractivity contribution in [3.8, 4) is 5.75 Å². The van der Waals surface area contributed by atoms with Crippen LogP contribution in [0.25, 0.3) is 0 Å². The molecule has 0 heterocycles. The minimum atomic E-state index is 0.394. The van der Waals surface area contributed by atoms with Gasteiger partial charge in [0.25, 0.3) is 0 Å². The van der Waals surface area contributed by atoms with Gasteiger partial charge in [0.05, 0.1) is 6.61 Å². The third-order valence-corrected chi connectivity index (χ3v) is 2.84. The average Bonchev–Trinajstić information content (AvgIpc) is 2.30. The number of nitrogens with one attached hydrogen (secondary N) is 1. The van der Waals surface area contributed by atoms with E-state index in [4.69, 9.17) is 4.74 Å². The third kappa shape index (κ3) is 3.86. The molecule has 1 aromatic rings. The summed E-state index contributed by atoms with van der Waals surface area (Å²) in [5.41, 5.74) is 1.31. The highest BCUT2D eigenvalue weighted by molar-refractivity contribution is 5.28. The normalized spacial score (nSPS) is 14.5. The summed E-state index contributed by atoms with van der Waals surface area (Å²) < 4.78 is 5.42. The molecule has 2 nitrogen and oxygen atoms in total. The molecule has 0 radical (unpaired) electrons. The van der Waals surface area contributed by atoms with Crippen molar-refractivity contribution >= 4 is 0 Å². The molecular formula is C14H23NO. The predicted octanol–water partition coefficient (Wildman–Crippen LogP) is 3.53. The van der Waals surface area contributed by atoms with Crippen molar-refractivity contribution in [3.63, 3.8) is 0 Å². The van der Waals surface area contributed by atoms with Crippen LogP contribution in [0.1, 0.15) is 45.7 Å². The molecule has 1 rings (SSSR count). The second-order valence-electron chi connectivity index (χ2n) is 4.20. The van der Waals surface area contributed by atoms with E-state index in [1.807, 2.05) is 19.1 Å². The van der Waals surface area contributed by atoms with E-state index in [1.165, 1.54) is 5.56 Å². The first-order valence-corrected chi connectivity index (χ1v) is 6.16. The Kier molecular flexibility index (Phi) is 5.33. The summed E-state index contributed by atoms with van der Waals surface area (Å²) in [5.74, 6) is 0.946. The molecule has 90 valence electrons. The van der Waals surface area contributed by atoms with Crippen molar-refractivity contribution in [1.29, 1.82) is 0 Å².